The molecule has 1 heterocycles. The summed E-state index contributed by atoms with van der Waals surface area (Å²) in [4.78, 5) is 121. The molecule has 10 unspecified atom stereocenters. The molecule has 2 saturated carbocycles. The molecule has 12 N–H and O–H groups in total. The maximum atomic E-state index is 12.7. The van der Waals surface area contributed by atoms with Crippen molar-refractivity contribution in [2.45, 2.75) is 111 Å². The lowest BCUT2D eigenvalue weighted by molar-refractivity contribution is -0.155. The summed E-state index contributed by atoms with van der Waals surface area (Å²) < 4.78 is 36.3. The number of nitrogens with one attached hydrogen (secondary N) is 5. The van der Waals surface area contributed by atoms with E-state index in [2.05, 4.69) is 83.0 Å². The molecule has 95 heavy (non-hydrogen) atoms. The van der Waals surface area contributed by atoms with Crippen molar-refractivity contribution in [1.29, 1.82) is 0 Å². The van der Waals surface area contributed by atoms with Crippen LogP contribution in [0.1, 0.15) is 97.1 Å². The number of carbonyl (C=O) groups excluding carboxylic acids is 9. The van der Waals surface area contributed by atoms with E-state index in [0.29, 0.717) is 38.7 Å². The zero-order valence-corrected chi connectivity index (χ0v) is 55.8. The zero-order chi connectivity index (χ0) is 69.5. The minimum atomic E-state index is -1.01. The van der Waals surface area contributed by atoms with E-state index in [4.69, 9.17) is 45.6 Å². The van der Waals surface area contributed by atoms with Gasteiger partial charge in [0.2, 0.25) is 29.5 Å². The number of aliphatic carboxylic acids is 1. The Labute approximate surface area is 557 Å². The number of esters is 2. The number of nitrogens with zero attached hydrogens (tertiary/aromatic N) is 1. The summed E-state index contributed by atoms with van der Waals surface area (Å²) >= 11 is 0. The summed E-state index contributed by atoms with van der Waals surface area (Å²) in [6, 6.07) is 16.2. The number of ether oxygens (including phenoxy) is 7. The first-order valence-electron chi connectivity index (χ1n) is 33.0. The minimum absolute atomic E-state index is 0.00478. The predicted molar refractivity (Wildman–Crippen MR) is 351 cm³/mol. The van der Waals surface area contributed by atoms with Crippen molar-refractivity contribution in [3.8, 4) is 0 Å². The number of fused-ring (bicyclic) bond motifs is 7. The van der Waals surface area contributed by atoms with E-state index in [9.17, 15) is 53.1 Å². The molecular formula is C68H103N9O18. The molecule has 2 aromatic carbocycles. The molecule has 528 valence electrons. The number of allylic oxidation sites excluding steroid dienone is 4. The number of carboxylic acids is 1. The van der Waals surface area contributed by atoms with Crippen LogP contribution >= 0.6 is 0 Å². The van der Waals surface area contributed by atoms with Gasteiger partial charge in [-0.25, -0.2) is 9.59 Å². The first kappa shape index (κ1) is 79.6. The van der Waals surface area contributed by atoms with Crippen molar-refractivity contribution in [2.24, 2.45) is 76.4 Å². The number of hydrogen-bond donors (Lipinski definition) is 9. The molecule has 4 bridgehead atoms. The Kier molecular flexibility index (Phi) is 37.5. The molecule has 1 aliphatic heterocycles. The van der Waals surface area contributed by atoms with E-state index in [1.165, 1.54) is 19.6 Å². The van der Waals surface area contributed by atoms with Gasteiger partial charge in [0.1, 0.15) is 25.3 Å². The summed E-state index contributed by atoms with van der Waals surface area (Å²) in [5.41, 5.74) is 17.2. The van der Waals surface area contributed by atoms with Crippen LogP contribution in [0.2, 0.25) is 0 Å². The van der Waals surface area contributed by atoms with Gasteiger partial charge in [0.25, 0.3) is 0 Å². The van der Waals surface area contributed by atoms with E-state index in [-0.39, 0.29) is 139 Å². The highest BCUT2D eigenvalue weighted by molar-refractivity contribution is 5.97. The van der Waals surface area contributed by atoms with Gasteiger partial charge in [0.15, 0.2) is 0 Å². The maximum absolute atomic E-state index is 12.7. The van der Waals surface area contributed by atoms with Gasteiger partial charge in [-0.1, -0.05) is 120 Å². The summed E-state index contributed by atoms with van der Waals surface area (Å²) in [6.07, 6.45) is 9.83. The second-order valence-electron chi connectivity index (χ2n) is 24.6. The SMILES string of the molecule is CCN(CC(C)C)CC(C)C.NC(=O)CCC(NC(=O)OCc1ccccc1)C(=O)NCCOCCOCCNC(=O)C1C2C=CCC(C2)C1C(=O)O.NCCOCCOCCNC(=O)C(CCC(N)=O)NC(=O)OCc1ccccc1.O=C1OC(=O)C2C3CC=CC(C3)C12. The van der Waals surface area contributed by atoms with Crippen molar-refractivity contribution in [1.82, 2.24) is 31.5 Å². The quantitative estimate of drug-likeness (QED) is 0.0151. The van der Waals surface area contributed by atoms with Gasteiger partial charge in [0.05, 0.1) is 76.5 Å². The zero-order valence-electron chi connectivity index (χ0n) is 55.8. The topological polar surface area (TPSA) is 397 Å². The standard InChI is InChI=1S/C29H40N4O9.C19H30N4O6.C10H23N.C10H10O3/c30-23(34)10-9-22(33-29(39)42-18-19-5-2-1-3-6-19)26(35)31-11-13-40-15-16-41-14-12-32-27(36)24-20-7-4-8-21(17-20)25(24)28(37)38;20-8-10-27-12-13-28-11-9-22-18(25)16(6-7-17(21)24)23-19(26)29-14-15-4-2-1-3-5-15;1-6-11(7-9(2)3)8-10(4)5;11-9-7-5-2-1-3-6(4-5)8(7)10(12)13-9/h1-7,20-22,24-25H,8-18H2,(H2,30,34)(H,31,35)(H,32,36)(H,33,39)(H,37,38);1-5,16H,6-14,20H2,(H2,21,24)(H,22,25)(H,23,26);9-10H,6-8H2,1-5H3;1-2,5-8H,3-4H2. The van der Waals surface area contributed by atoms with Crippen LogP contribution in [0.4, 0.5) is 9.59 Å². The van der Waals surface area contributed by atoms with Crippen LogP contribution in [0, 0.1) is 59.2 Å². The number of cyclic esters (lactones) is 2. The lowest BCUT2D eigenvalue weighted by atomic mass is 9.87. The van der Waals surface area contributed by atoms with Gasteiger partial charge in [0, 0.05) is 52.1 Å². The number of carboxylic acid groups (broad SMARTS) is 1. The molecule has 0 aromatic heterocycles. The molecule has 0 spiro atoms. The summed E-state index contributed by atoms with van der Waals surface area (Å²) in [7, 11) is 0. The monoisotopic (exact) mass is 1330 g/mol. The molecule has 7 rings (SSSR count). The van der Waals surface area contributed by atoms with Crippen LogP contribution < -0.4 is 43.8 Å². The smallest absolute Gasteiger partial charge is 0.408 e. The fourth-order valence-electron chi connectivity index (χ4n) is 11.9. The Balaban J connectivity index is 0.000000308. The van der Waals surface area contributed by atoms with Crippen LogP contribution in [0.15, 0.2) is 85.0 Å². The molecule has 2 aromatic rings. The summed E-state index contributed by atoms with van der Waals surface area (Å²) in [5.74, 6) is -3.21. The minimum Gasteiger partial charge on any atom is -0.481 e. The fourth-order valence-corrected chi connectivity index (χ4v) is 11.9. The number of amides is 7. The molecule has 0 radical (unpaired) electrons. The third kappa shape index (κ3) is 30.6. The van der Waals surface area contributed by atoms with Crippen molar-refractivity contribution >= 4 is 59.6 Å². The average Bonchev–Trinajstić information content (AvgIpc) is 1.61. The Morgan fingerprint density at radius 1 is 0.579 bits per heavy atom. The Morgan fingerprint density at radius 2 is 1.01 bits per heavy atom. The largest absolute Gasteiger partial charge is 0.481 e. The second kappa shape index (κ2) is 44.8. The number of carbonyl (C=O) groups is 10. The lowest BCUT2D eigenvalue weighted by Crippen LogP contribution is -2.48. The molecule has 27 nitrogen and oxygen atoms in total. The van der Waals surface area contributed by atoms with E-state index in [0.717, 1.165) is 42.2 Å². The van der Waals surface area contributed by atoms with Crippen molar-refractivity contribution in [3.05, 3.63) is 96.1 Å². The molecular weight excluding hydrogens is 1230 g/mol. The second-order valence-corrected chi connectivity index (χ2v) is 24.6. The summed E-state index contributed by atoms with van der Waals surface area (Å²) in [6.45, 7) is 18.7. The average molecular weight is 1330 g/mol. The molecule has 3 fully saturated rings. The molecule has 1 saturated heterocycles. The van der Waals surface area contributed by atoms with Crippen LogP contribution in [-0.4, -0.2) is 180 Å². The Hall–Kier alpha value is -7.82. The highest BCUT2D eigenvalue weighted by Crippen LogP contribution is 2.51. The highest BCUT2D eigenvalue weighted by Gasteiger charge is 2.57. The fraction of sp³-hybridized carbons (Fsp3) is 0.618. The van der Waals surface area contributed by atoms with Crippen LogP contribution in [0.25, 0.3) is 0 Å². The lowest BCUT2D eigenvalue weighted by Gasteiger charge is -2.24. The molecule has 4 aliphatic carbocycles. The maximum Gasteiger partial charge on any atom is 0.408 e. The third-order valence-electron chi connectivity index (χ3n) is 16.2. The molecule has 5 aliphatic rings. The van der Waals surface area contributed by atoms with Gasteiger partial charge >= 0.3 is 30.1 Å². The molecule has 7 amide bonds. The number of rotatable bonds is 38. The normalized spacial score (nSPS) is 20.6. The van der Waals surface area contributed by atoms with Gasteiger partial charge in [-0.05, 0) is 91.7 Å². The van der Waals surface area contributed by atoms with E-state index < -0.39 is 65.7 Å². The van der Waals surface area contributed by atoms with Crippen molar-refractivity contribution in [3.63, 3.8) is 0 Å². The number of alkyl carbamates (subject to hydrolysis) is 2. The number of hydrogen-bond acceptors (Lipinski definition) is 19. The number of nitrogens with two attached hydrogens (primary N) is 3. The van der Waals surface area contributed by atoms with Gasteiger partial charge < -0.3 is 86.9 Å². The first-order chi connectivity index (χ1) is 45.6. The van der Waals surface area contributed by atoms with E-state index in [1.54, 1.807) is 12.1 Å². The van der Waals surface area contributed by atoms with Crippen molar-refractivity contribution in [2.75, 3.05) is 98.7 Å². The van der Waals surface area contributed by atoms with Crippen LogP contribution in [0.5, 0.6) is 0 Å². The molecule has 27 heteroatoms. The summed E-state index contributed by atoms with van der Waals surface area (Å²) in [5, 5.41) is 22.6. The van der Waals surface area contributed by atoms with Crippen LogP contribution in [-0.2, 0) is 84.7 Å². The van der Waals surface area contributed by atoms with Gasteiger partial charge in [-0.3, -0.25) is 38.4 Å². The van der Waals surface area contributed by atoms with Gasteiger partial charge in [-0.2, -0.15) is 0 Å². The number of primary amides is 2. The van der Waals surface area contributed by atoms with Gasteiger partial charge in [-0.15, -0.1) is 0 Å². The van der Waals surface area contributed by atoms with Crippen molar-refractivity contribution < 1.29 is 86.2 Å². The Bertz CT molecular complexity index is 2750. The van der Waals surface area contributed by atoms with E-state index in [1.807, 2.05) is 60.7 Å². The highest BCUT2D eigenvalue weighted by atomic mass is 16.6. The number of benzene rings is 2. The first-order valence-corrected chi connectivity index (χ1v) is 33.0. The third-order valence-corrected chi connectivity index (χ3v) is 16.2. The predicted octanol–water partition coefficient (Wildman–Crippen LogP) is 3.90. The van der Waals surface area contributed by atoms with E-state index >= 15 is 0 Å². The van der Waals surface area contributed by atoms with Crippen LogP contribution in [0.3, 0.4) is 0 Å². The Morgan fingerprint density at radius 3 is 1.45 bits per heavy atom. The molecule has 10 atom stereocenters.